The van der Waals surface area contributed by atoms with Gasteiger partial charge in [0.1, 0.15) is 6.04 Å². The highest BCUT2D eigenvalue weighted by Crippen LogP contribution is 2.10. The zero-order valence-electron chi connectivity index (χ0n) is 12.5. The van der Waals surface area contributed by atoms with Crippen molar-refractivity contribution in [3.05, 3.63) is 35.9 Å². The van der Waals surface area contributed by atoms with Gasteiger partial charge in [0, 0.05) is 18.7 Å². The Morgan fingerprint density at radius 3 is 2.33 bits per heavy atom. The fraction of sp³-hybridized carbons (Fsp3) is 0.500. The van der Waals surface area contributed by atoms with Crippen LogP contribution < -0.4 is 5.32 Å². The molecule has 2 amide bonds. The van der Waals surface area contributed by atoms with Crippen molar-refractivity contribution in [2.45, 2.75) is 19.9 Å². The van der Waals surface area contributed by atoms with Gasteiger partial charge in [-0.25, -0.2) is 0 Å². The lowest BCUT2D eigenvalue weighted by molar-refractivity contribution is -0.138. The number of hydrogen-bond acceptors (Lipinski definition) is 3. The van der Waals surface area contributed by atoms with Crippen LogP contribution in [0.4, 0.5) is 0 Å². The molecule has 1 aliphatic heterocycles. The molecular weight excluding hydrogens is 268 g/mol. The summed E-state index contributed by atoms with van der Waals surface area (Å²) in [6, 6.07) is 8.45. The topological polar surface area (TPSA) is 58.6 Å². The van der Waals surface area contributed by atoms with Gasteiger partial charge in [-0.15, -0.1) is 0 Å². The van der Waals surface area contributed by atoms with E-state index in [0.717, 1.165) is 0 Å². The number of nitrogens with zero attached hydrogens (tertiary/aromatic N) is 1. The van der Waals surface area contributed by atoms with E-state index in [2.05, 4.69) is 5.32 Å². The van der Waals surface area contributed by atoms with E-state index in [0.29, 0.717) is 31.9 Å². The second-order valence-electron chi connectivity index (χ2n) is 5.50. The molecule has 2 rings (SSSR count). The molecule has 0 spiro atoms. The minimum atomic E-state index is -0.504. The van der Waals surface area contributed by atoms with Crippen molar-refractivity contribution in [3.63, 3.8) is 0 Å². The molecule has 0 saturated carbocycles. The van der Waals surface area contributed by atoms with Gasteiger partial charge < -0.3 is 15.0 Å². The molecular formula is C16H22N2O3. The molecule has 1 unspecified atom stereocenters. The van der Waals surface area contributed by atoms with Crippen molar-refractivity contribution in [1.82, 2.24) is 10.2 Å². The second kappa shape index (κ2) is 7.22. The summed E-state index contributed by atoms with van der Waals surface area (Å²) in [5.41, 5.74) is 0.568. The van der Waals surface area contributed by atoms with E-state index in [1.165, 1.54) is 0 Å². The molecule has 1 fully saturated rings. The number of ether oxygens (including phenoxy) is 1. The van der Waals surface area contributed by atoms with E-state index in [1.807, 2.05) is 32.0 Å². The first-order valence-electron chi connectivity index (χ1n) is 7.32. The number of rotatable bonds is 4. The molecule has 1 aromatic rings. The van der Waals surface area contributed by atoms with Crippen LogP contribution in [0, 0.1) is 5.92 Å². The average molecular weight is 290 g/mol. The number of carbonyl (C=O) groups is 2. The van der Waals surface area contributed by atoms with Gasteiger partial charge in [0.05, 0.1) is 13.2 Å². The van der Waals surface area contributed by atoms with Gasteiger partial charge in [-0.05, 0) is 18.1 Å². The summed E-state index contributed by atoms with van der Waals surface area (Å²) in [6.45, 7) is 6.17. The fourth-order valence-electron chi connectivity index (χ4n) is 2.31. The maximum Gasteiger partial charge on any atom is 0.251 e. The van der Waals surface area contributed by atoms with Gasteiger partial charge in [-0.3, -0.25) is 9.59 Å². The van der Waals surface area contributed by atoms with Crippen molar-refractivity contribution in [3.8, 4) is 0 Å². The van der Waals surface area contributed by atoms with Crippen molar-refractivity contribution in [2.75, 3.05) is 26.3 Å². The van der Waals surface area contributed by atoms with Gasteiger partial charge in [-0.1, -0.05) is 32.0 Å². The van der Waals surface area contributed by atoms with Crippen LogP contribution in [-0.2, 0) is 9.53 Å². The molecule has 0 bridgehead atoms. The number of morpholine rings is 1. The Morgan fingerprint density at radius 1 is 1.14 bits per heavy atom. The molecule has 1 aliphatic rings. The molecule has 5 heteroatoms. The Morgan fingerprint density at radius 2 is 1.76 bits per heavy atom. The van der Waals surface area contributed by atoms with E-state index >= 15 is 0 Å². The number of hydrogen-bond donors (Lipinski definition) is 1. The third kappa shape index (κ3) is 4.04. The normalized spacial score (nSPS) is 16.6. The van der Waals surface area contributed by atoms with Crippen LogP contribution in [0.25, 0.3) is 0 Å². The highest BCUT2D eigenvalue weighted by Gasteiger charge is 2.29. The molecule has 1 heterocycles. The fourth-order valence-corrected chi connectivity index (χ4v) is 2.31. The van der Waals surface area contributed by atoms with Crippen LogP contribution in [0.2, 0.25) is 0 Å². The monoisotopic (exact) mass is 290 g/mol. The molecule has 0 aliphatic carbocycles. The summed E-state index contributed by atoms with van der Waals surface area (Å²) in [5, 5.41) is 2.86. The van der Waals surface area contributed by atoms with Crippen molar-refractivity contribution in [2.24, 2.45) is 5.92 Å². The number of nitrogens with one attached hydrogen (secondary N) is 1. The summed E-state index contributed by atoms with van der Waals surface area (Å²) in [4.78, 5) is 26.6. The molecule has 0 radical (unpaired) electrons. The molecule has 114 valence electrons. The summed E-state index contributed by atoms with van der Waals surface area (Å²) in [5.74, 6) is -0.207. The van der Waals surface area contributed by atoms with Crippen LogP contribution >= 0.6 is 0 Å². The largest absolute Gasteiger partial charge is 0.378 e. The maximum atomic E-state index is 12.6. The van der Waals surface area contributed by atoms with Gasteiger partial charge in [0.2, 0.25) is 5.91 Å². The van der Waals surface area contributed by atoms with Gasteiger partial charge in [-0.2, -0.15) is 0 Å². The molecule has 1 atom stereocenters. The Labute approximate surface area is 125 Å². The number of amides is 2. The molecule has 5 nitrogen and oxygen atoms in total. The molecule has 1 N–H and O–H groups in total. The van der Waals surface area contributed by atoms with Crippen molar-refractivity contribution < 1.29 is 14.3 Å². The van der Waals surface area contributed by atoms with Crippen LogP contribution in [0.15, 0.2) is 30.3 Å². The Bertz CT molecular complexity index is 482. The average Bonchev–Trinajstić information content (AvgIpc) is 2.53. The zero-order valence-corrected chi connectivity index (χ0v) is 12.5. The highest BCUT2D eigenvalue weighted by atomic mass is 16.5. The lowest BCUT2D eigenvalue weighted by Crippen LogP contribution is -2.53. The first-order chi connectivity index (χ1) is 10.1. The first-order valence-corrected chi connectivity index (χ1v) is 7.32. The van der Waals surface area contributed by atoms with E-state index in [1.54, 1.807) is 17.0 Å². The second-order valence-corrected chi connectivity index (χ2v) is 5.50. The van der Waals surface area contributed by atoms with Gasteiger partial charge in [0.15, 0.2) is 0 Å². The quantitative estimate of drug-likeness (QED) is 0.909. The molecule has 1 saturated heterocycles. The molecule has 0 aromatic heterocycles. The van der Waals surface area contributed by atoms with Crippen molar-refractivity contribution in [1.29, 1.82) is 0 Å². The van der Waals surface area contributed by atoms with E-state index in [4.69, 9.17) is 4.74 Å². The van der Waals surface area contributed by atoms with Gasteiger partial charge in [0.25, 0.3) is 5.91 Å². The van der Waals surface area contributed by atoms with E-state index in [9.17, 15) is 9.59 Å². The van der Waals surface area contributed by atoms with Crippen LogP contribution in [0.5, 0.6) is 0 Å². The summed E-state index contributed by atoms with van der Waals surface area (Å²) >= 11 is 0. The minimum absolute atomic E-state index is 0.0300. The Hall–Kier alpha value is -1.88. The SMILES string of the molecule is CC(C)C(NC(=O)c1ccccc1)C(=O)N1CCOCC1. The van der Waals surface area contributed by atoms with E-state index < -0.39 is 6.04 Å². The third-order valence-corrected chi connectivity index (χ3v) is 3.58. The Balaban J connectivity index is 2.05. The lowest BCUT2D eigenvalue weighted by Gasteiger charge is -2.32. The van der Waals surface area contributed by atoms with Crippen LogP contribution in [0.1, 0.15) is 24.2 Å². The highest BCUT2D eigenvalue weighted by molar-refractivity contribution is 5.97. The smallest absolute Gasteiger partial charge is 0.251 e. The van der Waals surface area contributed by atoms with E-state index in [-0.39, 0.29) is 17.7 Å². The minimum Gasteiger partial charge on any atom is -0.378 e. The lowest BCUT2D eigenvalue weighted by atomic mass is 10.0. The molecule has 1 aromatic carbocycles. The molecule has 21 heavy (non-hydrogen) atoms. The predicted octanol–water partition coefficient (Wildman–Crippen LogP) is 1.30. The summed E-state index contributed by atoms with van der Waals surface area (Å²) in [7, 11) is 0. The Kier molecular flexibility index (Phi) is 5.33. The zero-order chi connectivity index (χ0) is 15.2. The number of benzene rings is 1. The third-order valence-electron chi connectivity index (χ3n) is 3.58. The maximum absolute atomic E-state index is 12.6. The number of carbonyl (C=O) groups excluding carboxylic acids is 2. The van der Waals surface area contributed by atoms with Crippen molar-refractivity contribution >= 4 is 11.8 Å². The summed E-state index contributed by atoms with van der Waals surface area (Å²) in [6.07, 6.45) is 0. The predicted molar refractivity (Wildman–Crippen MR) is 79.9 cm³/mol. The van der Waals surface area contributed by atoms with Crippen LogP contribution in [0.3, 0.4) is 0 Å². The first kappa shape index (κ1) is 15.5. The summed E-state index contributed by atoms with van der Waals surface area (Å²) < 4.78 is 5.26. The van der Waals surface area contributed by atoms with Gasteiger partial charge >= 0.3 is 0 Å². The van der Waals surface area contributed by atoms with Crippen LogP contribution in [-0.4, -0.2) is 49.1 Å². The standard InChI is InChI=1S/C16H22N2O3/c1-12(2)14(16(20)18-8-10-21-11-9-18)17-15(19)13-6-4-3-5-7-13/h3-7,12,14H,8-11H2,1-2H3,(H,17,19).